The smallest absolute Gasteiger partial charge is 0.219 e. The van der Waals surface area contributed by atoms with Crippen LogP contribution in [-0.2, 0) is 4.79 Å². The minimum Gasteiger partial charge on any atom is -0.340 e. The average molecular weight is 358 g/mol. The van der Waals surface area contributed by atoms with Gasteiger partial charge >= 0.3 is 0 Å². The van der Waals surface area contributed by atoms with E-state index in [2.05, 4.69) is 28.3 Å². The van der Waals surface area contributed by atoms with Crippen LogP contribution in [0.5, 0.6) is 0 Å². The first-order valence-electron chi connectivity index (χ1n) is 9.62. The van der Waals surface area contributed by atoms with Crippen molar-refractivity contribution >= 4 is 5.91 Å². The Kier molecular flexibility index (Phi) is 8.52. The Morgan fingerprint density at radius 3 is 2.42 bits per heavy atom. The van der Waals surface area contributed by atoms with Crippen LogP contribution >= 0.6 is 0 Å². The summed E-state index contributed by atoms with van der Waals surface area (Å²) in [6.45, 7) is 4.42. The monoisotopic (exact) mass is 357 g/mol. The summed E-state index contributed by atoms with van der Waals surface area (Å²) in [6, 6.07) is 6.63. The van der Waals surface area contributed by atoms with E-state index in [1.807, 2.05) is 17.0 Å². The second kappa shape index (κ2) is 10.9. The number of hydrogen-bond donors (Lipinski definition) is 1. The highest BCUT2D eigenvalue weighted by Crippen LogP contribution is 2.20. The van der Waals surface area contributed by atoms with Crippen LogP contribution in [0.25, 0.3) is 0 Å². The number of nitrogens with zero attached hydrogens (tertiary/aromatic N) is 4. The molecule has 1 aliphatic heterocycles. The maximum atomic E-state index is 11.2. The van der Waals surface area contributed by atoms with E-state index >= 15 is 0 Å². The lowest BCUT2D eigenvalue weighted by atomic mass is 9.96. The largest absolute Gasteiger partial charge is 0.340 e. The van der Waals surface area contributed by atoms with E-state index in [1.54, 1.807) is 19.3 Å². The van der Waals surface area contributed by atoms with E-state index in [4.69, 9.17) is 0 Å². The minimum absolute atomic E-state index is 0.101. The standard InChI is InChI=1S/C13H16N4O.C7H15N/c1-11(18)16-5-7-17(8-6-16)13(9-14)12-3-2-4-15-10-12;1-8-7-5-3-2-4-6-7/h2-4,10,13H,5-8H2,1H3;7-8H,2-6H2,1H3. The van der Waals surface area contributed by atoms with Crippen molar-refractivity contribution in [2.45, 2.75) is 51.1 Å². The first kappa shape index (κ1) is 20.3. The molecule has 26 heavy (non-hydrogen) atoms. The van der Waals surface area contributed by atoms with Gasteiger partial charge in [-0.15, -0.1) is 0 Å². The maximum Gasteiger partial charge on any atom is 0.219 e. The molecule has 142 valence electrons. The number of rotatable bonds is 3. The van der Waals surface area contributed by atoms with Crippen molar-refractivity contribution in [2.24, 2.45) is 0 Å². The van der Waals surface area contributed by atoms with E-state index < -0.39 is 0 Å². The van der Waals surface area contributed by atoms with E-state index in [1.165, 1.54) is 32.1 Å². The van der Waals surface area contributed by atoms with Gasteiger partial charge in [-0.2, -0.15) is 5.26 Å². The Morgan fingerprint density at radius 1 is 1.27 bits per heavy atom. The van der Waals surface area contributed by atoms with Gasteiger partial charge in [0, 0.05) is 57.1 Å². The zero-order chi connectivity index (χ0) is 18.8. The Bertz CT molecular complexity index is 572. The average Bonchev–Trinajstić information content (AvgIpc) is 2.71. The molecular formula is C20H31N5O. The molecule has 1 amide bonds. The van der Waals surface area contributed by atoms with Crippen molar-refractivity contribution in [2.75, 3.05) is 33.2 Å². The second-order valence-electron chi connectivity index (χ2n) is 6.98. The van der Waals surface area contributed by atoms with Gasteiger partial charge in [0.2, 0.25) is 5.91 Å². The van der Waals surface area contributed by atoms with Crippen molar-refractivity contribution in [3.05, 3.63) is 30.1 Å². The number of pyridine rings is 1. The maximum absolute atomic E-state index is 11.2. The molecule has 1 aromatic rings. The molecule has 1 unspecified atom stereocenters. The van der Waals surface area contributed by atoms with E-state index in [9.17, 15) is 10.1 Å². The van der Waals surface area contributed by atoms with Gasteiger partial charge in [-0.1, -0.05) is 25.3 Å². The van der Waals surface area contributed by atoms with Gasteiger partial charge in [-0.3, -0.25) is 14.7 Å². The Morgan fingerprint density at radius 2 is 1.96 bits per heavy atom. The van der Waals surface area contributed by atoms with Crippen LogP contribution < -0.4 is 5.32 Å². The molecule has 6 nitrogen and oxygen atoms in total. The molecule has 1 aliphatic carbocycles. The van der Waals surface area contributed by atoms with Crippen LogP contribution in [-0.4, -0.2) is 60.0 Å². The van der Waals surface area contributed by atoms with Crippen molar-refractivity contribution in [1.82, 2.24) is 20.1 Å². The number of carbonyl (C=O) groups is 1. The molecule has 3 rings (SSSR count). The Labute approximate surface area is 157 Å². The van der Waals surface area contributed by atoms with Crippen molar-refractivity contribution in [3.8, 4) is 6.07 Å². The number of nitrogens with one attached hydrogen (secondary N) is 1. The fourth-order valence-electron chi connectivity index (χ4n) is 3.59. The molecule has 1 aromatic heterocycles. The summed E-state index contributed by atoms with van der Waals surface area (Å²) in [5.41, 5.74) is 0.913. The van der Waals surface area contributed by atoms with Crippen molar-refractivity contribution in [3.63, 3.8) is 0 Å². The van der Waals surface area contributed by atoms with Gasteiger partial charge in [-0.25, -0.2) is 0 Å². The van der Waals surface area contributed by atoms with Gasteiger partial charge < -0.3 is 10.2 Å². The highest BCUT2D eigenvalue weighted by Gasteiger charge is 2.25. The van der Waals surface area contributed by atoms with Crippen molar-refractivity contribution in [1.29, 1.82) is 5.26 Å². The summed E-state index contributed by atoms with van der Waals surface area (Å²) in [7, 11) is 2.07. The first-order chi connectivity index (χ1) is 12.7. The number of carbonyl (C=O) groups excluding carboxylic acids is 1. The van der Waals surface area contributed by atoms with Crippen LogP contribution in [0.2, 0.25) is 0 Å². The lowest BCUT2D eigenvalue weighted by Gasteiger charge is -2.36. The molecule has 1 saturated carbocycles. The number of aromatic nitrogens is 1. The third kappa shape index (κ3) is 6.08. The lowest BCUT2D eigenvalue weighted by Crippen LogP contribution is -2.48. The molecule has 2 fully saturated rings. The van der Waals surface area contributed by atoms with Crippen LogP contribution in [0.3, 0.4) is 0 Å². The van der Waals surface area contributed by atoms with Gasteiger partial charge in [-0.05, 0) is 26.0 Å². The molecule has 1 saturated heterocycles. The molecule has 1 N–H and O–H groups in total. The zero-order valence-corrected chi connectivity index (χ0v) is 16.0. The van der Waals surface area contributed by atoms with E-state index in [0.29, 0.717) is 13.1 Å². The predicted octanol–water partition coefficient (Wildman–Crippen LogP) is 2.35. The number of nitriles is 1. The third-order valence-corrected chi connectivity index (χ3v) is 5.26. The van der Waals surface area contributed by atoms with Crippen LogP contribution in [0, 0.1) is 11.3 Å². The summed E-state index contributed by atoms with van der Waals surface area (Å²) in [4.78, 5) is 19.2. The van der Waals surface area contributed by atoms with Crippen molar-refractivity contribution < 1.29 is 4.79 Å². The fourth-order valence-corrected chi connectivity index (χ4v) is 3.59. The Balaban J connectivity index is 0.000000254. The highest BCUT2D eigenvalue weighted by atomic mass is 16.2. The van der Waals surface area contributed by atoms with Gasteiger partial charge in [0.05, 0.1) is 6.07 Å². The zero-order valence-electron chi connectivity index (χ0n) is 16.0. The molecule has 2 aliphatic rings. The number of piperazine rings is 1. The van der Waals surface area contributed by atoms with Crippen LogP contribution in [0.15, 0.2) is 24.5 Å². The topological polar surface area (TPSA) is 72.3 Å². The summed E-state index contributed by atoms with van der Waals surface area (Å²) in [5.74, 6) is 0.101. The molecule has 6 heteroatoms. The third-order valence-electron chi connectivity index (χ3n) is 5.26. The summed E-state index contributed by atoms with van der Waals surface area (Å²) >= 11 is 0. The lowest BCUT2D eigenvalue weighted by molar-refractivity contribution is -0.130. The molecule has 0 bridgehead atoms. The van der Waals surface area contributed by atoms with E-state index in [-0.39, 0.29) is 11.9 Å². The predicted molar refractivity (Wildman–Crippen MR) is 102 cm³/mol. The summed E-state index contributed by atoms with van der Waals surface area (Å²) in [5, 5.41) is 12.6. The molecule has 0 spiro atoms. The molecule has 1 atom stereocenters. The fraction of sp³-hybridized carbons (Fsp3) is 0.650. The Hall–Kier alpha value is -1.97. The van der Waals surface area contributed by atoms with Crippen LogP contribution in [0.1, 0.15) is 50.6 Å². The van der Waals surface area contributed by atoms with Gasteiger partial charge in [0.15, 0.2) is 0 Å². The SMILES string of the molecule is CC(=O)N1CCN(C(C#N)c2cccnc2)CC1.CNC1CCCCC1. The van der Waals surface area contributed by atoms with E-state index in [0.717, 1.165) is 24.7 Å². The summed E-state index contributed by atoms with van der Waals surface area (Å²) in [6.07, 6.45) is 10.6. The molecule has 0 aromatic carbocycles. The molecular weight excluding hydrogens is 326 g/mol. The van der Waals surface area contributed by atoms with Gasteiger partial charge in [0.25, 0.3) is 0 Å². The molecule has 2 heterocycles. The molecule has 0 radical (unpaired) electrons. The minimum atomic E-state index is -0.271. The van der Waals surface area contributed by atoms with Crippen LogP contribution in [0.4, 0.5) is 0 Å². The quantitative estimate of drug-likeness (QED) is 0.899. The second-order valence-corrected chi connectivity index (χ2v) is 6.98. The summed E-state index contributed by atoms with van der Waals surface area (Å²) < 4.78 is 0. The number of amides is 1. The highest BCUT2D eigenvalue weighted by molar-refractivity contribution is 5.73. The van der Waals surface area contributed by atoms with Gasteiger partial charge in [0.1, 0.15) is 6.04 Å². The normalized spacial score (nSPS) is 19.8. The number of hydrogen-bond acceptors (Lipinski definition) is 5. The first-order valence-corrected chi connectivity index (χ1v) is 9.62.